The average molecular weight is 436 g/mol. The third-order valence-electron chi connectivity index (χ3n) is 5.04. The van der Waals surface area contributed by atoms with E-state index in [0.717, 1.165) is 5.56 Å². The largest absolute Gasteiger partial charge is 0.435 e. The van der Waals surface area contributed by atoms with E-state index in [1.165, 1.54) is 47.4 Å². The van der Waals surface area contributed by atoms with Gasteiger partial charge in [-0.1, -0.05) is 30.3 Å². The van der Waals surface area contributed by atoms with E-state index in [1.54, 1.807) is 0 Å². The molecule has 0 saturated heterocycles. The van der Waals surface area contributed by atoms with Gasteiger partial charge >= 0.3 is 6.61 Å². The van der Waals surface area contributed by atoms with Crippen molar-refractivity contribution >= 4 is 23.4 Å². The lowest BCUT2D eigenvalue weighted by Crippen LogP contribution is -2.31. The molecule has 3 aromatic carbocycles. The monoisotopic (exact) mass is 436 g/mol. The topological polar surface area (TPSA) is 75.7 Å². The van der Waals surface area contributed by atoms with Crippen LogP contribution in [0.1, 0.15) is 36.6 Å². The molecule has 0 unspecified atom stereocenters. The zero-order chi connectivity index (χ0) is 22.7. The molecule has 0 atom stereocenters. The van der Waals surface area contributed by atoms with Gasteiger partial charge in [-0.25, -0.2) is 0 Å². The number of halogens is 2. The lowest BCUT2D eigenvalue weighted by Gasteiger charge is -2.13. The third kappa shape index (κ3) is 4.49. The van der Waals surface area contributed by atoms with Gasteiger partial charge in [-0.15, -0.1) is 0 Å². The maximum Gasteiger partial charge on any atom is 0.387 e. The predicted octanol–water partition coefficient (Wildman–Crippen LogP) is 4.38. The number of ether oxygens (including phenoxy) is 1. The molecule has 4 rings (SSSR count). The van der Waals surface area contributed by atoms with Gasteiger partial charge in [0.1, 0.15) is 5.75 Å². The normalized spacial score (nSPS) is 12.8. The van der Waals surface area contributed by atoms with Gasteiger partial charge in [0.25, 0.3) is 17.7 Å². The molecule has 0 saturated carbocycles. The van der Waals surface area contributed by atoms with E-state index in [4.69, 9.17) is 0 Å². The molecule has 8 heteroatoms. The fourth-order valence-corrected chi connectivity index (χ4v) is 3.44. The number of hydrogen-bond acceptors (Lipinski definition) is 4. The Labute approximate surface area is 182 Å². The molecule has 1 aliphatic rings. The van der Waals surface area contributed by atoms with Gasteiger partial charge in [-0.3, -0.25) is 19.3 Å². The van der Waals surface area contributed by atoms with Crippen molar-refractivity contribution in [1.82, 2.24) is 4.90 Å². The van der Waals surface area contributed by atoms with Crippen LogP contribution in [-0.2, 0) is 6.42 Å². The summed E-state index contributed by atoms with van der Waals surface area (Å²) < 4.78 is 28.7. The Balaban J connectivity index is 1.45. The summed E-state index contributed by atoms with van der Waals surface area (Å²) in [6.07, 6.45) is 0.533. The zero-order valence-electron chi connectivity index (χ0n) is 16.8. The van der Waals surface area contributed by atoms with Crippen molar-refractivity contribution < 1.29 is 27.9 Å². The van der Waals surface area contributed by atoms with Gasteiger partial charge in [-0.05, 0) is 54.4 Å². The van der Waals surface area contributed by atoms with Crippen LogP contribution in [0.25, 0.3) is 0 Å². The van der Waals surface area contributed by atoms with Crippen LogP contribution in [-0.4, -0.2) is 35.8 Å². The smallest absolute Gasteiger partial charge is 0.387 e. The van der Waals surface area contributed by atoms with Gasteiger partial charge in [0.2, 0.25) is 0 Å². The van der Waals surface area contributed by atoms with E-state index < -0.39 is 18.4 Å². The first kappa shape index (κ1) is 21.2. The fraction of sp³-hybridized carbons (Fsp3) is 0.125. The van der Waals surface area contributed by atoms with Crippen molar-refractivity contribution in [1.29, 1.82) is 0 Å². The van der Waals surface area contributed by atoms with E-state index in [9.17, 15) is 23.2 Å². The molecule has 0 radical (unpaired) electrons. The first-order valence-electron chi connectivity index (χ1n) is 9.83. The Hall–Kier alpha value is -4.07. The van der Waals surface area contributed by atoms with Crippen molar-refractivity contribution in [2.75, 3.05) is 11.9 Å². The highest BCUT2D eigenvalue weighted by molar-refractivity contribution is 6.22. The van der Waals surface area contributed by atoms with Crippen LogP contribution < -0.4 is 10.1 Å². The number of nitrogens with one attached hydrogen (secondary N) is 1. The van der Waals surface area contributed by atoms with Crippen LogP contribution >= 0.6 is 0 Å². The Morgan fingerprint density at radius 3 is 2.28 bits per heavy atom. The van der Waals surface area contributed by atoms with Gasteiger partial charge in [0, 0.05) is 17.8 Å². The number of rotatable bonds is 7. The van der Waals surface area contributed by atoms with E-state index in [-0.39, 0.29) is 34.9 Å². The minimum Gasteiger partial charge on any atom is -0.435 e. The molecule has 3 amide bonds. The number of carbonyl (C=O) groups excluding carboxylic acids is 3. The van der Waals surface area contributed by atoms with Crippen molar-refractivity contribution in [3.63, 3.8) is 0 Å². The van der Waals surface area contributed by atoms with E-state index in [2.05, 4.69) is 10.1 Å². The van der Waals surface area contributed by atoms with Crippen molar-refractivity contribution in [3.8, 4) is 5.75 Å². The third-order valence-corrected chi connectivity index (χ3v) is 5.04. The first-order valence-corrected chi connectivity index (χ1v) is 9.83. The second-order valence-corrected chi connectivity index (χ2v) is 7.11. The summed E-state index contributed by atoms with van der Waals surface area (Å²) in [4.78, 5) is 39.2. The predicted molar refractivity (Wildman–Crippen MR) is 113 cm³/mol. The van der Waals surface area contributed by atoms with Crippen LogP contribution in [0, 0.1) is 0 Å². The number of alkyl halides is 2. The Kier molecular flexibility index (Phi) is 5.93. The quantitative estimate of drug-likeness (QED) is 0.558. The molecule has 0 aliphatic carbocycles. The zero-order valence-corrected chi connectivity index (χ0v) is 16.8. The second kappa shape index (κ2) is 8.97. The second-order valence-electron chi connectivity index (χ2n) is 7.11. The van der Waals surface area contributed by atoms with Crippen molar-refractivity contribution in [3.05, 3.63) is 95.1 Å². The molecular formula is C24H18F2N2O4. The number of fused-ring (bicyclic) bond motifs is 1. The van der Waals surface area contributed by atoms with Gasteiger partial charge < -0.3 is 10.1 Å². The molecule has 32 heavy (non-hydrogen) atoms. The van der Waals surface area contributed by atoms with E-state index >= 15 is 0 Å². The molecule has 162 valence electrons. The minimum absolute atomic E-state index is 0.0322. The Bertz CT molecular complexity index is 1160. The molecule has 0 spiro atoms. The average Bonchev–Trinajstić information content (AvgIpc) is 3.03. The first-order chi connectivity index (χ1) is 15.4. The number of amides is 3. The van der Waals surface area contributed by atoms with Gasteiger partial charge in [0.05, 0.1) is 11.1 Å². The van der Waals surface area contributed by atoms with Gasteiger partial charge in [0.15, 0.2) is 0 Å². The summed E-state index contributed by atoms with van der Waals surface area (Å²) in [5.41, 5.74) is 2.00. The number of anilines is 1. The van der Waals surface area contributed by atoms with Crippen LogP contribution in [0.15, 0.2) is 72.8 Å². The molecular weight excluding hydrogens is 418 g/mol. The molecule has 0 bridgehead atoms. The molecule has 0 aromatic heterocycles. The molecule has 1 aliphatic heterocycles. The number of carbonyl (C=O) groups is 3. The van der Waals surface area contributed by atoms with Crippen LogP contribution in [0.2, 0.25) is 0 Å². The highest BCUT2D eigenvalue weighted by Crippen LogP contribution is 2.25. The summed E-state index contributed by atoms with van der Waals surface area (Å²) in [7, 11) is 0. The number of nitrogens with zero attached hydrogens (tertiary/aromatic N) is 1. The maximum absolute atomic E-state index is 12.8. The summed E-state index contributed by atoms with van der Waals surface area (Å²) in [5.74, 6) is -1.36. The van der Waals surface area contributed by atoms with Crippen molar-refractivity contribution in [2.24, 2.45) is 0 Å². The Morgan fingerprint density at radius 2 is 1.59 bits per heavy atom. The maximum atomic E-state index is 12.8. The summed E-state index contributed by atoms with van der Waals surface area (Å²) in [6.45, 7) is -2.69. The standard InChI is InChI=1S/C24H18F2N2O4/c25-24(26)32-18-9-7-17(8-10-18)27-21(29)16-6-11-19-20(14-16)23(31)28(22(19)30)13-12-15-4-2-1-3-5-15/h1-11,14,24H,12-13H2,(H,27,29). The summed E-state index contributed by atoms with van der Waals surface area (Å²) in [6, 6.07) is 19.3. The SMILES string of the molecule is O=C(Nc1ccc(OC(F)F)cc1)c1ccc2c(c1)C(=O)N(CCc1ccccc1)C2=O. The highest BCUT2D eigenvalue weighted by Gasteiger charge is 2.35. The fourth-order valence-electron chi connectivity index (χ4n) is 3.44. The van der Waals surface area contributed by atoms with E-state index in [1.807, 2.05) is 30.3 Å². The molecule has 3 aromatic rings. The number of hydrogen-bond donors (Lipinski definition) is 1. The summed E-state index contributed by atoms with van der Waals surface area (Å²) >= 11 is 0. The van der Waals surface area contributed by atoms with E-state index in [0.29, 0.717) is 12.1 Å². The van der Waals surface area contributed by atoms with Crippen LogP contribution in [0.3, 0.4) is 0 Å². The van der Waals surface area contributed by atoms with Crippen molar-refractivity contribution in [2.45, 2.75) is 13.0 Å². The highest BCUT2D eigenvalue weighted by atomic mass is 19.3. The lowest BCUT2D eigenvalue weighted by molar-refractivity contribution is -0.0498. The molecule has 0 fully saturated rings. The number of benzene rings is 3. The molecule has 1 N–H and O–H groups in total. The van der Waals surface area contributed by atoms with Crippen LogP contribution in [0.4, 0.5) is 14.5 Å². The van der Waals surface area contributed by atoms with Gasteiger partial charge in [-0.2, -0.15) is 8.78 Å². The lowest BCUT2D eigenvalue weighted by atomic mass is 10.1. The Morgan fingerprint density at radius 1 is 0.906 bits per heavy atom. The summed E-state index contributed by atoms with van der Waals surface area (Å²) in [5, 5.41) is 2.62. The van der Waals surface area contributed by atoms with Crippen LogP contribution in [0.5, 0.6) is 5.75 Å². The molecule has 6 nitrogen and oxygen atoms in total. The minimum atomic E-state index is -2.94. The number of imide groups is 1. The molecule has 1 heterocycles.